The average Bonchev–Trinajstić information content (AvgIpc) is 3.31. The Kier molecular flexibility index (Phi) is 4.04. The van der Waals surface area contributed by atoms with E-state index in [0.29, 0.717) is 18.2 Å². The summed E-state index contributed by atoms with van der Waals surface area (Å²) in [6.45, 7) is -2.21. The molecule has 2 aromatic carbocycles. The van der Waals surface area contributed by atoms with E-state index in [1.165, 1.54) is 24.0 Å². The van der Waals surface area contributed by atoms with E-state index in [1.54, 1.807) is 24.3 Å². The van der Waals surface area contributed by atoms with E-state index < -0.39 is 6.61 Å². The molecule has 2 aromatic rings. The van der Waals surface area contributed by atoms with Crippen LogP contribution in [0.3, 0.4) is 0 Å². The first kappa shape index (κ1) is 13.9. The monoisotopic (exact) mass is 289 g/mol. The first-order chi connectivity index (χ1) is 10.2. The third-order valence-corrected chi connectivity index (χ3v) is 3.64. The molecule has 1 aliphatic rings. The van der Waals surface area contributed by atoms with E-state index >= 15 is 0 Å². The maximum Gasteiger partial charge on any atom is 0.387 e. The Morgan fingerprint density at radius 1 is 1.05 bits per heavy atom. The minimum atomic E-state index is -2.81. The molecule has 0 radical (unpaired) electrons. The van der Waals surface area contributed by atoms with E-state index in [0.717, 1.165) is 0 Å². The Morgan fingerprint density at radius 3 is 2.52 bits per heavy atom. The van der Waals surface area contributed by atoms with Gasteiger partial charge in [-0.1, -0.05) is 36.4 Å². The summed E-state index contributed by atoms with van der Waals surface area (Å²) in [4.78, 5) is 0. The zero-order valence-corrected chi connectivity index (χ0v) is 11.6. The van der Waals surface area contributed by atoms with Gasteiger partial charge in [0.05, 0.1) is 5.69 Å². The highest BCUT2D eigenvalue weighted by Crippen LogP contribution is 2.41. The van der Waals surface area contributed by atoms with Crippen LogP contribution in [0.15, 0.2) is 48.5 Å². The maximum absolute atomic E-state index is 12.4. The molecule has 21 heavy (non-hydrogen) atoms. The highest BCUT2D eigenvalue weighted by atomic mass is 19.3. The molecule has 0 aliphatic heterocycles. The molecule has 1 saturated carbocycles. The Labute approximate surface area is 122 Å². The van der Waals surface area contributed by atoms with Crippen LogP contribution in [0, 0.1) is 0 Å². The molecule has 0 unspecified atom stereocenters. The molecule has 0 bridgehead atoms. The van der Waals surface area contributed by atoms with E-state index in [-0.39, 0.29) is 5.75 Å². The number of hydrogen-bond acceptors (Lipinski definition) is 2. The fraction of sp³-hybridized carbons (Fsp3) is 0.294. The van der Waals surface area contributed by atoms with Crippen LogP contribution in [-0.2, 0) is 6.54 Å². The predicted molar refractivity (Wildman–Crippen MR) is 78.8 cm³/mol. The quantitative estimate of drug-likeness (QED) is 0.826. The molecule has 1 N–H and O–H groups in total. The number of alkyl halides is 2. The van der Waals surface area contributed by atoms with Crippen molar-refractivity contribution in [2.45, 2.75) is 31.9 Å². The summed E-state index contributed by atoms with van der Waals surface area (Å²) in [7, 11) is 0. The summed E-state index contributed by atoms with van der Waals surface area (Å²) >= 11 is 0. The number of ether oxygens (including phenoxy) is 1. The van der Waals surface area contributed by atoms with Crippen molar-refractivity contribution in [3.8, 4) is 5.75 Å². The zero-order chi connectivity index (χ0) is 14.7. The van der Waals surface area contributed by atoms with Crippen molar-refractivity contribution in [3.63, 3.8) is 0 Å². The van der Waals surface area contributed by atoms with Crippen molar-refractivity contribution >= 4 is 5.69 Å². The first-order valence-corrected chi connectivity index (χ1v) is 7.09. The van der Waals surface area contributed by atoms with Crippen LogP contribution < -0.4 is 10.1 Å². The van der Waals surface area contributed by atoms with Crippen molar-refractivity contribution in [2.75, 3.05) is 5.32 Å². The minimum Gasteiger partial charge on any atom is -0.433 e. The van der Waals surface area contributed by atoms with Crippen LogP contribution >= 0.6 is 0 Å². The van der Waals surface area contributed by atoms with Gasteiger partial charge in [0.1, 0.15) is 5.75 Å². The summed E-state index contributed by atoms with van der Waals surface area (Å²) in [5.74, 6) is 0.840. The molecule has 4 heteroatoms. The highest BCUT2D eigenvalue weighted by molar-refractivity contribution is 5.56. The summed E-state index contributed by atoms with van der Waals surface area (Å²) in [5, 5.41) is 3.20. The number of benzene rings is 2. The van der Waals surface area contributed by atoms with Gasteiger partial charge >= 0.3 is 6.61 Å². The molecule has 0 heterocycles. The van der Waals surface area contributed by atoms with Crippen LogP contribution in [0.1, 0.15) is 29.9 Å². The predicted octanol–water partition coefficient (Wildman–Crippen LogP) is 4.78. The number of anilines is 1. The van der Waals surface area contributed by atoms with Crippen LogP contribution in [0.5, 0.6) is 5.75 Å². The molecule has 2 nitrogen and oxygen atoms in total. The summed E-state index contributed by atoms with van der Waals surface area (Å²) in [6, 6.07) is 15.1. The second-order valence-corrected chi connectivity index (χ2v) is 5.20. The topological polar surface area (TPSA) is 21.3 Å². The molecule has 110 valence electrons. The summed E-state index contributed by atoms with van der Waals surface area (Å²) in [6.07, 6.45) is 2.48. The Morgan fingerprint density at radius 2 is 1.76 bits per heavy atom. The third kappa shape index (κ3) is 3.51. The van der Waals surface area contributed by atoms with Gasteiger partial charge in [0.2, 0.25) is 0 Å². The van der Waals surface area contributed by atoms with Gasteiger partial charge in [0.25, 0.3) is 0 Å². The minimum absolute atomic E-state index is 0.177. The first-order valence-electron chi connectivity index (χ1n) is 7.09. The largest absolute Gasteiger partial charge is 0.433 e. The number of rotatable bonds is 6. The lowest BCUT2D eigenvalue weighted by molar-refractivity contribution is -0.0493. The Bertz CT molecular complexity index is 611. The van der Waals surface area contributed by atoms with Gasteiger partial charge in [0.15, 0.2) is 0 Å². The van der Waals surface area contributed by atoms with Crippen molar-refractivity contribution in [1.29, 1.82) is 0 Å². The van der Waals surface area contributed by atoms with E-state index in [4.69, 9.17) is 0 Å². The SMILES string of the molecule is FC(F)Oc1ccccc1NCc1ccccc1C1CC1. The standard InChI is InChI=1S/C17H17F2NO/c18-17(19)21-16-8-4-3-7-15(16)20-11-13-5-1-2-6-14(13)12-9-10-12/h1-8,12,17,20H,9-11H2. The molecule has 0 aromatic heterocycles. The average molecular weight is 289 g/mol. The van der Waals surface area contributed by atoms with Gasteiger partial charge in [-0.2, -0.15) is 8.78 Å². The molecule has 0 spiro atoms. The van der Waals surface area contributed by atoms with Crippen LogP contribution in [0.2, 0.25) is 0 Å². The van der Waals surface area contributed by atoms with Gasteiger partial charge in [-0.25, -0.2) is 0 Å². The van der Waals surface area contributed by atoms with Crippen LogP contribution in [0.4, 0.5) is 14.5 Å². The summed E-state index contributed by atoms with van der Waals surface area (Å²) in [5.41, 5.74) is 3.16. The molecule has 3 rings (SSSR count). The Balaban J connectivity index is 1.73. The van der Waals surface area contributed by atoms with Crippen molar-refractivity contribution in [1.82, 2.24) is 0 Å². The smallest absolute Gasteiger partial charge is 0.387 e. The fourth-order valence-electron chi connectivity index (χ4n) is 2.49. The molecule has 1 aliphatic carbocycles. The normalized spacial score (nSPS) is 14.2. The van der Waals surface area contributed by atoms with Crippen LogP contribution in [0.25, 0.3) is 0 Å². The van der Waals surface area contributed by atoms with Gasteiger partial charge in [-0.15, -0.1) is 0 Å². The lowest BCUT2D eigenvalue weighted by Gasteiger charge is -2.14. The molecule has 0 saturated heterocycles. The van der Waals surface area contributed by atoms with Crippen LogP contribution in [-0.4, -0.2) is 6.61 Å². The number of para-hydroxylation sites is 2. The number of halogens is 2. The zero-order valence-electron chi connectivity index (χ0n) is 11.6. The lowest BCUT2D eigenvalue weighted by Crippen LogP contribution is -2.07. The van der Waals surface area contributed by atoms with Gasteiger partial charge in [-0.3, -0.25) is 0 Å². The highest BCUT2D eigenvalue weighted by Gasteiger charge is 2.25. The van der Waals surface area contributed by atoms with Gasteiger partial charge in [-0.05, 0) is 42.0 Å². The third-order valence-electron chi connectivity index (χ3n) is 3.64. The van der Waals surface area contributed by atoms with E-state index in [1.807, 2.05) is 12.1 Å². The lowest BCUT2D eigenvalue weighted by atomic mass is 10.0. The Hall–Kier alpha value is -2.10. The second-order valence-electron chi connectivity index (χ2n) is 5.20. The fourth-order valence-corrected chi connectivity index (χ4v) is 2.49. The molecule has 0 atom stereocenters. The summed E-state index contributed by atoms with van der Waals surface area (Å²) < 4.78 is 29.3. The number of hydrogen-bond donors (Lipinski definition) is 1. The molecular formula is C17H17F2NO. The second kappa shape index (κ2) is 6.12. The van der Waals surface area contributed by atoms with Crippen molar-refractivity contribution in [3.05, 3.63) is 59.7 Å². The van der Waals surface area contributed by atoms with Gasteiger partial charge in [0, 0.05) is 6.54 Å². The van der Waals surface area contributed by atoms with Crippen molar-refractivity contribution in [2.24, 2.45) is 0 Å². The van der Waals surface area contributed by atoms with Crippen molar-refractivity contribution < 1.29 is 13.5 Å². The molecule has 1 fully saturated rings. The number of nitrogens with one attached hydrogen (secondary N) is 1. The molecular weight excluding hydrogens is 272 g/mol. The maximum atomic E-state index is 12.4. The van der Waals surface area contributed by atoms with E-state index in [9.17, 15) is 8.78 Å². The van der Waals surface area contributed by atoms with Gasteiger partial charge < -0.3 is 10.1 Å². The molecule has 0 amide bonds. The van der Waals surface area contributed by atoms with E-state index in [2.05, 4.69) is 22.2 Å².